The van der Waals surface area contributed by atoms with Crippen LogP contribution in [0, 0.1) is 15.0 Å². The van der Waals surface area contributed by atoms with Crippen LogP contribution in [-0.4, -0.2) is 29.1 Å². The van der Waals surface area contributed by atoms with Crippen LogP contribution in [-0.2, 0) is 16.1 Å². The molecule has 0 saturated carbocycles. The Morgan fingerprint density at radius 1 is 1.48 bits per heavy atom. The van der Waals surface area contributed by atoms with Crippen molar-refractivity contribution in [1.82, 2.24) is 5.01 Å². The number of ether oxygens (including phenoxy) is 1. The summed E-state index contributed by atoms with van der Waals surface area (Å²) in [5.74, 6) is -0.682. The number of nitro benzene ring substituents is 1. The van der Waals surface area contributed by atoms with Gasteiger partial charge in [0.05, 0.1) is 39.0 Å². The van der Waals surface area contributed by atoms with Crippen molar-refractivity contribution in [2.24, 2.45) is 5.29 Å². The smallest absolute Gasteiger partial charge is 0.327 e. The van der Waals surface area contributed by atoms with Crippen molar-refractivity contribution >= 4 is 34.9 Å². The molecule has 1 aromatic rings. The Hall–Kier alpha value is -1.93. The van der Waals surface area contributed by atoms with Crippen LogP contribution in [0.2, 0.25) is 10.0 Å². The van der Waals surface area contributed by atoms with Gasteiger partial charge in [-0.05, 0) is 13.0 Å². The number of rotatable bonds is 7. The van der Waals surface area contributed by atoms with E-state index in [0.29, 0.717) is 0 Å². The third-order valence-corrected chi connectivity index (χ3v) is 3.28. The summed E-state index contributed by atoms with van der Waals surface area (Å²) in [4.78, 5) is 32.4. The van der Waals surface area contributed by atoms with Crippen molar-refractivity contribution < 1.29 is 14.5 Å². The van der Waals surface area contributed by atoms with E-state index in [-0.39, 0.29) is 34.4 Å². The van der Waals surface area contributed by atoms with E-state index in [1.165, 1.54) is 6.07 Å². The van der Waals surface area contributed by atoms with Gasteiger partial charge in [0.1, 0.15) is 6.54 Å². The van der Waals surface area contributed by atoms with Crippen LogP contribution in [0.4, 0.5) is 5.69 Å². The summed E-state index contributed by atoms with van der Waals surface area (Å²) in [7, 11) is 0. The monoisotopic (exact) mass is 335 g/mol. The van der Waals surface area contributed by atoms with Gasteiger partial charge in [-0.3, -0.25) is 14.9 Å². The largest absolute Gasteiger partial charge is 0.465 e. The van der Waals surface area contributed by atoms with Crippen LogP contribution in [0.25, 0.3) is 0 Å². The molecule has 0 spiro atoms. The van der Waals surface area contributed by atoms with E-state index in [9.17, 15) is 19.8 Å². The molecule has 0 aliphatic carbocycles. The van der Waals surface area contributed by atoms with Gasteiger partial charge in [0.25, 0.3) is 5.69 Å². The lowest BCUT2D eigenvalue weighted by Crippen LogP contribution is -2.26. The number of benzene rings is 1. The van der Waals surface area contributed by atoms with Gasteiger partial charge >= 0.3 is 5.97 Å². The Bertz CT molecular complexity index is 567. The van der Waals surface area contributed by atoms with Crippen LogP contribution in [0.1, 0.15) is 12.5 Å². The fraction of sp³-hybridized carbons (Fsp3) is 0.364. The lowest BCUT2D eigenvalue weighted by atomic mass is 10.1. The Morgan fingerprint density at radius 2 is 2.14 bits per heavy atom. The SMILES string of the molecule is CCOC(=O)CN(Cc1c([N+](=O)[O-])ccc(Cl)c1Cl)N=O. The minimum atomic E-state index is -0.682. The molecule has 0 unspecified atom stereocenters. The zero-order chi connectivity index (χ0) is 16.0. The molecule has 0 aromatic heterocycles. The van der Waals surface area contributed by atoms with Gasteiger partial charge in [0.15, 0.2) is 0 Å². The fourth-order valence-corrected chi connectivity index (χ4v) is 1.95. The first kappa shape index (κ1) is 17.1. The van der Waals surface area contributed by atoms with E-state index in [1.54, 1.807) is 6.92 Å². The Labute approximate surface area is 129 Å². The number of nitrogens with zero attached hydrogens (tertiary/aromatic N) is 3. The highest BCUT2D eigenvalue weighted by atomic mass is 35.5. The molecule has 0 radical (unpaired) electrons. The van der Waals surface area contributed by atoms with Gasteiger partial charge in [0.2, 0.25) is 0 Å². The molecule has 0 amide bonds. The Kier molecular flexibility index (Phi) is 6.32. The van der Waals surface area contributed by atoms with Gasteiger partial charge in [-0.1, -0.05) is 23.2 Å². The molecular weight excluding hydrogens is 325 g/mol. The highest BCUT2D eigenvalue weighted by Crippen LogP contribution is 2.33. The van der Waals surface area contributed by atoms with Crippen LogP contribution >= 0.6 is 23.2 Å². The second-order valence-electron chi connectivity index (χ2n) is 3.83. The van der Waals surface area contributed by atoms with Gasteiger partial charge in [-0.25, -0.2) is 5.01 Å². The standard InChI is InChI=1S/C11H11Cl2N3O5/c1-2-21-10(17)6-15(14-18)5-7-9(16(19)20)4-3-8(12)11(7)13/h3-4H,2,5-6H2,1H3. The number of nitroso groups, excluding NO2 is 1. The summed E-state index contributed by atoms with van der Waals surface area (Å²) in [6.07, 6.45) is 0. The molecule has 0 aliphatic heterocycles. The fourth-order valence-electron chi connectivity index (χ4n) is 1.56. The summed E-state index contributed by atoms with van der Waals surface area (Å²) in [5, 5.41) is 14.4. The van der Waals surface area contributed by atoms with Crippen molar-refractivity contribution in [3.63, 3.8) is 0 Å². The minimum Gasteiger partial charge on any atom is -0.465 e. The highest BCUT2D eigenvalue weighted by Gasteiger charge is 2.23. The first-order valence-corrected chi connectivity index (χ1v) is 6.51. The molecule has 0 atom stereocenters. The first-order chi connectivity index (χ1) is 9.90. The molecule has 0 saturated heterocycles. The summed E-state index contributed by atoms with van der Waals surface area (Å²) in [6, 6.07) is 2.44. The quantitative estimate of drug-likeness (QED) is 0.328. The van der Waals surface area contributed by atoms with E-state index in [0.717, 1.165) is 11.1 Å². The van der Waals surface area contributed by atoms with E-state index in [2.05, 4.69) is 10.0 Å². The maximum absolute atomic E-state index is 11.3. The predicted molar refractivity (Wildman–Crippen MR) is 76.0 cm³/mol. The lowest BCUT2D eigenvalue weighted by molar-refractivity contribution is -0.385. The molecule has 21 heavy (non-hydrogen) atoms. The van der Waals surface area contributed by atoms with E-state index in [1.807, 2.05) is 0 Å². The Morgan fingerprint density at radius 3 is 2.67 bits per heavy atom. The van der Waals surface area contributed by atoms with Crippen LogP contribution in [0.5, 0.6) is 0 Å². The van der Waals surface area contributed by atoms with Crippen LogP contribution < -0.4 is 0 Å². The van der Waals surface area contributed by atoms with Gasteiger partial charge < -0.3 is 4.74 Å². The topological polar surface area (TPSA) is 102 Å². The van der Waals surface area contributed by atoms with E-state index in [4.69, 9.17) is 23.2 Å². The molecule has 0 heterocycles. The summed E-state index contributed by atoms with van der Waals surface area (Å²) >= 11 is 11.7. The van der Waals surface area contributed by atoms with E-state index < -0.39 is 17.4 Å². The van der Waals surface area contributed by atoms with Crippen molar-refractivity contribution in [3.8, 4) is 0 Å². The molecule has 8 nitrogen and oxygen atoms in total. The normalized spacial score (nSPS) is 10.0. The summed E-state index contributed by atoms with van der Waals surface area (Å²) in [5.41, 5.74) is -0.319. The maximum Gasteiger partial charge on any atom is 0.327 e. The second-order valence-corrected chi connectivity index (χ2v) is 4.61. The molecule has 10 heteroatoms. The second kappa shape index (κ2) is 7.75. The molecule has 1 rings (SSSR count). The zero-order valence-corrected chi connectivity index (χ0v) is 12.4. The van der Waals surface area contributed by atoms with Crippen LogP contribution in [0.15, 0.2) is 17.4 Å². The highest BCUT2D eigenvalue weighted by molar-refractivity contribution is 6.42. The van der Waals surface area contributed by atoms with Gasteiger partial charge in [-0.15, -0.1) is 4.91 Å². The minimum absolute atomic E-state index is 0.00179. The predicted octanol–water partition coefficient (Wildman–Crippen LogP) is 2.95. The molecule has 114 valence electrons. The third kappa shape index (κ3) is 4.54. The number of hydrogen-bond acceptors (Lipinski definition) is 6. The molecule has 0 fully saturated rings. The molecule has 0 bridgehead atoms. The number of carbonyl (C=O) groups is 1. The van der Waals surface area contributed by atoms with Crippen molar-refractivity contribution in [3.05, 3.63) is 42.8 Å². The maximum atomic E-state index is 11.3. The Balaban J connectivity index is 3.04. The third-order valence-electron chi connectivity index (χ3n) is 2.44. The molecular formula is C11H11Cl2N3O5. The zero-order valence-electron chi connectivity index (χ0n) is 10.9. The number of carbonyl (C=O) groups excluding carboxylic acids is 1. The van der Waals surface area contributed by atoms with Crippen molar-refractivity contribution in [2.75, 3.05) is 13.2 Å². The van der Waals surface area contributed by atoms with Gasteiger partial charge in [0, 0.05) is 6.07 Å². The number of esters is 1. The first-order valence-electron chi connectivity index (χ1n) is 5.75. The summed E-state index contributed by atoms with van der Waals surface area (Å²) < 4.78 is 4.67. The number of halogens is 2. The molecule has 1 aromatic carbocycles. The number of hydrogen-bond donors (Lipinski definition) is 0. The van der Waals surface area contributed by atoms with Crippen molar-refractivity contribution in [2.45, 2.75) is 13.5 Å². The average molecular weight is 336 g/mol. The van der Waals surface area contributed by atoms with E-state index >= 15 is 0 Å². The van der Waals surface area contributed by atoms with Crippen LogP contribution in [0.3, 0.4) is 0 Å². The molecule has 0 aliphatic rings. The number of nitro groups is 1. The lowest BCUT2D eigenvalue weighted by Gasteiger charge is -2.15. The molecule has 0 N–H and O–H groups in total. The van der Waals surface area contributed by atoms with Crippen molar-refractivity contribution in [1.29, 1.82) is 0 Å². The van der Waals surface area contributed by atoms with Gasteiger partial charge in [-0.2, -0.15) is 0 Å². The average Bonchev–Trinajstić information content (AvgIpc) is 2.42. The summed E-state index contributed by atoms with van der Waals surface area (Å²) in [6.45, 7) is 0.966.